The van der Waals surface area contributed by atoms with Crippen molar-refractivity contribution >= 4 is 21.6 Å². The monoisotopic (exact) mass is 495 g/mol. The smallest absolute Gasteiger partial charge is 0.272 e. The van der Waals surface area contributed by atoms with Crippen molar-refractivity contribution < 1.29 is 22.9 Å². The fraction of sp³-hybridized carbons (Fsp3) is 0.545. The van der Waals surface area contributed by atoms with Gasteiger partial charge in [-0.05, 0) is 53.5 Å². The Morgan fingerprint density at radius 2 is 1.94 bits per heavy atom. The largest absolute Gasteiger partial charge is 0.438 e. The highest BCUT2D eigenvalue weighted by molar-refractivity contribution is 7.89. The van der Waals surface area contributed by atoms with Gasteiger partial charge in [-0.3, -0.25) is 14.9 Å². The van der Waals surface area contributed by atoms with Crippen LogP contribution in [0.2, 0.25) is 0 Å². The van der Waals surface area contributed by atoms with E-state index < -0.39 is 32.2 Å². The van der Waals surface area contributed by atoms with E-state index in [1.165, 1.54) is 16.8 Å². The Labute approximate surface area is 200 Å². The van der Waals surface area contributed by atoms with Crippen molar-refractivity contribution in [2.24, 2.45) is 0 Å². The molecular weight excluding hydrogens is 462 g/mol. The number of sulfonamides is 1. The van der Waals surface area contributed by atoms with Crippen LogP contribution in [0, 0.1) is 17.0 Å². The molecule has 0 aliphatic carbocycles. The molecule has 1 aromatic heterocycles. The molecule has 34 heavy (non-hydrogen) atoms. The third-order valence-corrected chi connectivity index (χ3v) is 6.67. The number of benzene rings is 1. The second kappa shape index (κ2) is 10.5. The van der Waals surface area contributed by atoms with E-state index in [9.17, 15) is 23.3 Å². The average Bonchev–Trinajstić information content (AvgIpc) is 3.08. The molecule has 1 aromatic carbocycles. The molecule has 0 aliphatic heterocycles. The molecule has 0 saturated heterocycles. The fourth-order valence-electron chi connectivity index (χ4n) is 3.01. The van der Waals surface area contributed by atoms with Gasteiger partial charge in [0.05, 0.1) is 10.5 Å². The predicted octanol–water partition coefficient (Wildman–Crippen LogP) is 3.86. The summed E-state index contributed by atoms with van der Waals surface area (Å²) in [6.07, 6.45) is 1.28. The molecule has 2 rings (SSSR count). The van der Waals surface area contributed by atoms with E-state index >= 15 is 0 Å². The van der Waals surface area contributed by atoms with Crippen LogP contribution < -0.4 is 14.8 Å². The number of nitro benzene ring substituents is 1. The van der Waals surface area contributed by atoms with Gasteiger partial charge in [0.15, 0.2) is 5.69 Å². The van der Waals surface area contributed by atoms with Crippen molar-refractivity contribution in [3.8, 4) is 11.6 Å². The van der Waals surface area contributed by atoms with E-state index in [1.807, 2.05) is 34.6 Å². The zero-order chi connectivity index (χ0) is 25.8. The third-order valence-electron chi connectivity index (χ3n) is 5.06. The van der Waals surface area contributed by atoms with E-state index in [2.05, 4.69) is 15.1 Å². The number of non-ortho nitro benzene ring substituents is 1. The van der Waals surface area contributed by atoms with Crippen LogP contribution in [0.15, 0.2) is 23.1 Å². The summed E-state index contributed by atoms with van der Waals surface area (Å²) in [4.78, 5) is 22.9. The number of ether oxygens (including phenoxy) is 1. The Morgan fingerprint density at radius 1 is 1.29 bits per heavy atom. The average molecular weight is 496 g/mol. The molecule has 188 valence electrons. The van der Waals surface area contributed by atoms with Gasteiger partial charge in [0.25, 0.3) is 11.6 Å². The molecule has 0 fully saturated rings. The lowest BCUT2D eigenvalue weighted by atomic mass is 10.1. The van der Waals surface area contributed by atoms with Gasteiger partial charge >= 0.3 is 0 Å². The summed E-state index contributed by atoms with van der Waals surface area (Å²) in [5.74, 6) is -0.319. The lowest BCUT2D eigenvalue weighted by molar-refractivity contribution is -0.385. The van der Waals surface area contributed by atoms with Gasteiger partial charge in [0, 0.05) is 30.3 Å². The van der Waals surface area contributed by atoms with Gasteiger partial charge in [-0.15, -0.1) is 0 Å². The number of aromatic nitrogens is 2. The first-order valence-corrected chi connectivity index (χ1v) is 12.6. The molecule has 12 heteroatoms. The van der Waals surface area contributed by atoms with Crippen LogP contribution in [0.3, 0.4) is 0 Å². The lowest BCUT2D eigenvalue weighted by Crippen LogP contribution is -2.32. The number of nitrogens with one attached hydrogen (secondary N) is 2. The number of amides is 1. The van der Waals surface area contributed by atoms with Crippen molar-refractivity contribution in [1.82, 2.24) is 19.8 Å². The van der Waals surface area contributed by atoms with Gasteiger partial charge in [0.2, 0.25) is 15.9 Å². The molecule has 0 aliphatic rings. The topological polar surface area (TPSA) is 145 Å². The molecule has 2 N–H and O–H groups in total. The molecule has 1 amide bonds. The molecule has 1 heterocycles. The highest BCUT2D eigenvalue weighted by atomic mass is 32.2. The molecule has 1 atom stereocenters. The number of nitro groups is 1. The van der Waals surface area contributed by atoms with Gasteiger partial charge in [-0.1, -0.05) is 13.8 Å². The van der Waals surface area contributed by atoms with Gasteiger partial charge < -0.3 is 10.1 Å². The van der Waals surface area contributed by atoms with E-state index in [0.29, 0.717) is 18.5 Å². The first-order valence-electron chi connectivity index (χ1n) is 11.1. The van der Waals surface area contributed by atoms with Crippen LogP contribution in [0.1, 0.15) is 70.4 Å². The summed E-state index contributed by atoms with van der Waals surface area (Å²) in [6.45, 7) is 13.1. The predicted molar refractivity (Wildman–Crippen MR) is 128 cm³/mol. The Morgan fingerprint density at radius 3 is 2.47 bits per heavy atom. The maximum atomic E-state index is 13.1. The van der Waals surface area contributed by atoms with E-state index in [4.69, 9.17) is 4.74 Å². The summed E-state index contributed by atoms with van der Waals surface area (Å²) in [6, 6.07) is 2.97. The van der Waals surface area contributed by atoms with Gasteiger partial charge in [-0.25, -0.2) is 17.8 Å². The summed E-state index contributed by atoms with van der Waals surface area (Å²) >= 11 is 0. The van der Waals surface area contributed by atoms with Gasteiger partial charge in [-0.2, -0.15) is 5.10 Å². The number of hydrogen-bond acceptors (Lipinski definition) is 7. The number of carbonyl (C=O) groups excluding carboxylic acids is 1. The fourth-order valence-corrected chi connectivity index (χ4v) is 4.49. The van der Waals surface area contributed by atoms with Crippen molar-refractivity contribution in [3.05, 3.63) is 39.6 Å². The van der Waals surface area contributed by atoms with Crippen LogP contribution in [-0.2, 0) is 15.6 Å². The summed E-state index contributed by atoms with van der Waals surface area (Å²) in [7, 11) is -4.15. The van der Waals surface area contributed by atoms with E-state index in [0.717, 1.165) is 12.5 Å². The Hall–Kier alpha value is -2.99. The number of carbonyl (C=O) groups is 1. The SMILES string of the molecule is CCCNC(=O)c1nn(C(C)(C)C)c(Oc2ccc([N+](=O)[O-])cc2S(=O)(=O)N[C@@H](C)CC)c1C. The molecule has 0 saturated carbocycles. The molecule has 11 nitrogen and oxygen atoms in total. The quantitative estimate of drug-likeness (QED) is 0.376. The molecule has 0 unspecified atom stereocenters. The summed E-state index contributed by atoms with van der Waals surface area (Å²) in [5.41, 5.74) is -0.432. The minimum Gasteiger partial charge on any atom is -0.438 e. The second-order valence-electron chi connectivity index (χ2n) is 9.04. The minimum absolute atomic E-state index is 0.115. The van der Waals surface area contributed by atoms with Crippen LogP contribution in [-0.4, -0.2) is 41.6 Å². The summed E-state index contributed by atoms with van der Waals surface area (Å²) < 4.78 is 36.2. The van der Waals surface area contributed by atoms with Crippen LogP contribution in [0.4, 0.5) is 5.69 Å². The van der Waals surface area contributed by atoms with Crippen molar-refractivity contribution in [2.45, 2.75) is 77.8 Å². The van der Waals surface area contributed by atoms with Gasteiger partial charge in [0.1, 0.15) is 10.6 Å². The Balaban J connectivity index is 2.67. The van der Waals surface area contributed by atoms with Crippen LogP contribution in [0.5, 0.6) is 11.6 Å². The number of nitrogens with zero attached hydrogens (tertiary/aromatic N) is 3. The molecule has 2 aromatic rings. The van der Waals surface area contributed by atoms with Crippen LogP contribution in [0.25, 0.3) is 0 Å². The Bertz CT molecular complexity index is 1170. The standard InChI is InChI=1S/C22H33N5O6S/c1-8-12-23-20(28)19-15(4)21(26(24-19)22(5,6)7)33-17-11-10-16(27(29)30)13-18(17)34(31,32)25-14(3)9-2/h10-11,13-14,25H,8-9,12H2,1-7H3,(H,23,28)/t14-/m0/s1. The molecule has 0 radical (unpaired) electrons. The second-order valence-corrected chi connectivity index (χ2v) is 10.7. The Kier molecular flexibility index (Phi) is 8.43. The number of rotatable bonds is 10. The normalized spacial score (nSPS) is 12.9. The third kappa shape index (κ3) is 6.11. The first kappa shape index (κ1) is 27.3. The van der Waals surface area contributed by atoms with Crippen molar-refractivity contribution in [2.75, 3.05) is 6.54 Å². The van der Waals surface area contributed by atoms with Crippen molar-refractivity contribution in [3.63, 3.8) is 0 Å². The van der Waals surface area contributed by atoms with E-state index in [-0.39, 0.29) is 28.1 Å². The highest BCUT2D eigenvalue weighted by Crippen LogP contribution is 2.36. The molecule has 0 spiro atoms. The molecular formula is C22H33N5O6S. The summed E-state index contributed by atoms with van der Waals surface area (Å²) in [5, 5.41) is 18.5. The molecule has 0 bridgehead atoms. The lowest BCUT2D eigenvalue weighted by Gasteiger charge is -2.23. The maximum absolute atomic E-state index is 13.1. The minimum atomic E-state index is -4.15. The number of hydrogen-bond donors (Lipinski definition) is 2. The van der Waals surface area contributed by atoms with E-state index in [1.54, 1.807) is 13.8 Å². The first-order chi connectivity index (χ1) is 15.7. The zero-order valence-electron chi connectivity index (χ0n) is 20.6. The zero-order valence-corrected chi connectivity index (χ0v) is 21.4. The van der Waals surface area contributed by atoms with Crippen LogP contribution >= 0.6 is 0 Å². The highest BCUT2D eigenvalue weighted by Gasteiger charge is 2.30. The van der Waals surface area contributed by atoms with Crippen molar-refractivity contribution in [1.29, 1.82) is 0 Å². The maximum Gasteiger partial charge on any atom is 0.272 e.